The third-order valence-electron chi connectivity index (χ3n) is 2.65. The molecule has 0 fully saturated rings. The van der Waals surface area contributed by atoms with E-state index < -0.39 is 0 Å². The van der Waals surface area contributed by atoms with Gasteiger partial charge in [-0.15, -0.1) is 0 Å². The summed E-state index contributed by atoms with van der Waals surface area (Å²) in [5.41, 5.74) is 5.55. The number of fused-ring (bicyclic) bond motifs is 1. The average Bonchev–Trinajstić information content (AvgIpc) is 2.50. The Morgan fingerprint density at radius 1 is 1.69 bits per heavy atom. The molecule has 2 rings (SSSR count). The summed E-state index contributed by atoms with van der Waals surface area (Å²) >= 11 is 5.99. The Labute approximate surface area is 82.9 Å². The van der Waals surface area contributed by atoms with Gasteiger partial charge in [0.2, 0.25) is 0 Å². The van der Waals surface area contributed by atoms with Crippen LogP contribution in [0.3, 0.4) is 0 Å². The van der Waals surface area contributed by atoms with Crippen LogP contribution in [0.15, 0.2) is 6.20 Å². The Morgan fingerprint density at radius 3 is 3.31 bits per heavy atom. The molecule has 0 saturated heterocycles. The van der Waals surface area contributed by atoms with Crippen molar-refractivity contribution in [3.63, 3.8) is 0 Å². The number of aromatic nitrogens is 2. The van der Waals surface area contributed by atoms with E-state index in [-0.39, 0.29) is 0 Å². The van der Waals surface area contributed by atoms with Crippen LogP contribution in [0, 0.1) is 0 Å². The Balaban J connectivity index is 2.27. The maximum absolute atomic E-state index is 5.99. The molecule has 1 aliphatic heterocycles. The number of nitrogens with two attached hydrogens (primary N) is 1. The largest absolute Gasteiger partial charge is 0.330 e. The van der Waals surface area contributed by atoms with E-state index in [1.165, 1.54) is 12.8 Å². The summed E-state index contributed by atoms with van der Waals surface area (Å²) < 4.78 is 2.10. The first-order chi connectivity index (χ1) is 6.33. The Kier molecular flexibility index (Phi) is 2.56. The quantitative estimate of drug-likeness (QED) is 0.789. The van der Waals surface area contributed by atoms with Gasteiger partial charge < -0.3 is 10.3 Å². The van der Waals surface area contributed by atoms with E-state index in [1.807, 2.05) is 0 Å². The van der Waals surface area contributed by atoms with Crippen LogP contribution in [-0.2, 0) is 6.54 Å². The average molecular weight is 200 g/mol. The topological polar surface area (TPSA) is 43.8 Å². The summed E-state index contributed by atoms with van der Waals surface area (Å²) in [4.78, 5) is 4.33. The third-order valence-corrected chi connectivity index (χ3v) is 2.95. The molecule has 13 heavy (non-hydrogen) atoms. The first-order valence-electron chi connectivity index (χ1n) is 4.74. The number of halogens is 1. The van der Waals surface area contributed by atoms with Crippen LogP contribution in [0.25, 0.3) is 0 Å². The predicted molar refractivity (Wildman–Crippen MR) is 52.9 cm³/mol. The minimum atomic E-state index is 0.520. The maximum atomic E-state index is 5.99. The van der Waals surface area contributed by atoms with Crippen molar-refractivity contribution in [2.45, 2.75) is 31.7 Å². The van der Waals surface area contributed by atoms with Gasteiger partial charge in [-0.25, -0.2) is 4.98 Å². The van der Waals surface area contributed by atoms with Gasteiger partial charge in [-0.1, -0.05) is 11.6 Å². The number of hydrogen-bond donors (Lipinski definition) is 1. The lowest BCUT2D eigenvalue weighted by atomic mass is 9.96. The van der Waals surface area contributed by atoms with Crippen molar-refractivity contribution in [1.29, 1.82) is 0 Å². The molecular formula is C9H14ClN3. The van der Waals surface area contributed by atoms with Gasteiger partial charge in [0.15, 0.2) is 0 Å². The molecule has 0 saturated carbocycles. The van der Waals surface area contributed by atoms with E-state index >= 15 is 0 Å². The fourth-order valence-electron chi connectivity index (χ4n) is 2.01. The highest BCUT2D eigenvalue weighted by Gasteiger charge is 2.22. The first kappa shape index (κ1) is 9.03. The van der Waals surface area contributed by atoms with Crippen LogP contribution in [0.5, 0.6) is 0 Å². The van der Waals surface area contributed by atoms with Crippen LogP contribution in [0.4, 0.5) is 0 Å². The Morgan fingerprint density at radius 2 is 2.54 bits per heavy atom. The van der Waals surface area contributed by atoms with Gasteiger partial charge in [0.05, 0.1) is 6.20 Å². The van der Waals surface area contributed by atoms with Crippen molar-refractivity contribution in [3.8, 4) is 0 Å². The molecule has 0 bridgehead atoms. The molecule has 0 radical (unpaired) electrons. The summed E-state index contributed by atoms with van der Waals surface area (Å²) in [5, 5.41) is 0.761. The zero-order valence-corrected chi connectivity index (χ0v) is 8.30. The van der Waals surface area contributed by atoms with Gasteiger partial charge >= 0.3 is 0 Å². The number of hydrogen-bond acceptors (Lipinski definition) is 2. The lowest BCUT2D eigenvalue weighted by Crippen LogP contribution is -2.18. The second kappa shape index (κ2) is 3.68. The van der Waals surface area contributed by atoms with E-state index in [4.69, 9.17) is 17.3 Å². The van der Waals surface area contributed by atoms with Crippen LogP contribution in [0.1, 0.15) is 31.0 Å². The van der Waals surface area contributed by atoms with Gasteiger partial charge in [0.25, 0.3) is 0 Å². The summed E-state index contributed by atoms with van der Waals surface area (Å²) in [6.45, 7) is 1.74. The van der Waals surface area contributed by atoms with E-state index in [0.29, 0.717) is 5.92 Å². The molecule has 0 aromatic carbocycles. The predicted octanol–water partition coefficient (Wildman–Crippen LogP) is 1.76. The van der Waals surface area contributed by atoms with E-state index in [9.17, 15) is 0 Å². The summed E-state index contributed by atoms with van der Waals surface area (Å²) in [5.74, 6) is 1.65. The molecule has 72 valence electrons. The van der Waals surface area contributed by atoms with Gasteiger partial charge in [-0.05, 0) is 25.8 Å². The first-order valence-corrected chi connectivity index (χ1v) is 5.11. The van der Waals surface area contributed by atoms with Crippen molar-refractivity contribution >= 4 is 11.6 Å². The normalized spacial score (nSPS) is 21.5. The molecule has 2 heterocycles. The second-order valence-corrected chi connectivity index (χ2v) is 3.89. The lowest BCUT2D eigenvalue weighted by molar-refractivity contribution is 0.428. The fourth-order valence-corrected chi connectivity index (χ4v) is 2.23. The second-order valence-electron chi connectivity index (χ2n) is 3.51. The SMILES string of the molecule is NCCC1CCCn2c(Cl)cnc21. The molecule has 0 aliphatic carbocycles. The van der Waals surface area contributed by atoms with Gasteiger partial charge in [0, 0.05) is 12.5 Å². The van der Waals surface area contributed by atoms with Crippen LogP contribution in [0.2, 0.25) is 5.15 Å². The van der Waals surface area contributed by atoms with Crippen molar-refractivity contribution in [2.24, 2.45) is 5.73 Å². The zero-order valence-electron chi connectivity index (χ0n) is 7.54. The smallest absolute Gasteiger partial charge is 0.128 e. The van der Waals surface area contributed by atoms with Crippen LogP contribution >= 0.6 is 11.6 Å². The number of nitrogens with zero attached hydrogens (tertiary/aromatic N) is 2. The highest BCUT2D eigenvalue weighted by Crippen LogP contribution is 2.30. The monoisotopic (exact) mass is 199 g/mol. The Bertz CT molecular complexity index is 295. The number of rotatable bonds is 2. The lowest BCUT2D eigenvalue weighted by Gasteiger charge is -2.23. The van der Waals surface area contributed by atoms with Gasteiger partial charge in [-0.2, -0.15) is 0 Å². The molecule has 0 amide bonds. The van der Waals surface area contributed by atoms with Gasteiger partial charge in [0.1, 0.15) is 11.0 Å². The minimum absolute atomic E-state index is 0.520. The molecule has 1 atom stereocenters. The van der Waals surface area contributed by atoms with Gasteiger partial charge in [-0.3, -0.25) is 0 Å². The molecule has 2 N–H and O–H groups in total. The molecule has 1 unspecified atom stereocenters. The summed E-state index contributed by atoms with van der Waals surface area (Å²) in [6, 6.07) is 0. The summed E-state index contributed by atoms with van der Waals surface area (Å²) in [7, 11) is 0. The molecule has 0 spiro atoms. The van der Waals surface area contributed by atoms with Crippen LogP contribution in [-0.4, -0.2) is 16.1 Å². The van der Waals surface area contributed by atoms with Crippen LogP contribution < -0.4 is 5.73 Å². The summed E-state index contributed by atoms with van der Waals surface area (Å²) in [6.07, 6.45) is 5.15. The standard InChI is InChI=1S/C9H14ClN3/c10-8-6-12-9-7(3-4-11)2-1-5-13(8)9/h6-7H,1-5,11H2. The maximum Gasteiger partial charge on any atom is 0.128 e. The molecule has 1 aromatic rings. The van der Waals surface area contributed by atoms with E-state index in [2.05, 4.69) is 9.55 Å². The van der Waals surface area contributed by atoms with Crippen molar-refractivity contribution in [3.05, 3.63) is 17.2 Å². The van der Waals surface area contributed by atoms with Crippen molar-refractivity contribution in [2.75, 3.05) is 6.54 Å². The highest BCUT2D eigenvalue weighted by atomic mass is 35.5. The third kappa shape index (κ3) is 1.58. The highest BCUT2D eigenvalue weighted by molar-refractivity contribution is 6.29. The van der Waals surface area contributed by atoms with Crippen molar-refractivity contribution in [1.82, 2.24) is 9.55 Å². The minimum Gasteiger partial charge on any atom is -0.330 e. The molecule has 4 heteroatoms. The molecule has 1 aliphatic rings. The van der Waals surface area contributed by atoms with E-state index in [1.54, 1.807) is 6.20 Å². The van der Waals surface area contributed by atoms with E-state index in [0.717, 1.165) is 30.5 Å². The molecule has 3 nitrogen and oxygen atoms in total. The fraction of sp³-hybridized carbons (Fsp3) is 0.667. The number of imidazole rings is 1. The molecule has 1 aromatic heterocycles. The van der Waals surface area contributed by atoms with Crippen molar-refractivity contribution < 1.29 is 0 Å². The zero-order chi connectivity index (χ0) is 9.26. The molecular weight excluding hydrogens is 186 g/mol. The Hall–Kier alpha value is -0.540.